The highest BCUT2D eigenvalue weighted by Crippen LogP contribution is 2.16. The van der Waals surface area contributed by atoms with Gasteiger partial charge in [-0.3, -0.25) is 4.99 Å². The van der Waals surface area contributed by atoms with Crippen molar-refractivity contribution in [2.45, 2.75) is 84.1 Å². The smallest absolute Gasteiger partial charge is 0.408 e. The van der Waals surface area contributed by atoms with Crippen LogP contribution in [-0.2, 0) is 14.2 Å². The fourth-order valence-corrected chi connectivity index (χ4v) is 2.89. The number of amides is 1. The molecule has 3 N–H and O–H groups in total. The number of nitrogens with zero attached hydrogens (tertiary/aromatic N) is 1. The molecule has 9 heteroatoms. The van der Waals surface area contributed by atoms with Crippen LogP contribution < -0.4 is 16.0 Å². The van der Waals surface area contributed by atoms with Crippen LogP contribution in [-0.4, -0.2) is 68.8 Å². The van der Waals surface area contributed by atoms with Crippen molar-refractivity contribution < 1.29 is 19.0 Å². The van der Waals surface area contributed by atoms with Gasteiger partial charge in [-0.1, -0.05) is 13.8 Å². The van der Waals surface area contributed by atoms with Gasteiger partial charge in [0, 0.05) is 26.2 Å². The minimum Gasteiger partial charge on any atom is -0.444 e. The Morgan fingerprint density at radius 2 is 1.93 bits per heavy atom. The topological polar surface area (TPSA) is 93.2 Å². The van der Waals surface area contributed by atoms with Crippen LogP contribution in [0.3, 0.4) is 0 Å². The summed E-state index contributed by atoms with van der Waals surface area (Å²) in [6.07, 6.45) is 2.28. The van der Waals surface area contributed by atoms with E-state index < -0.39 is 17.2 Å². The first-order valence-corrected chi connectivity index (χ1v) is 10.3. The maximum absolute atomic E-state index is 12.3. The number of rotatable bonds is 9. The Hall–Kier alpha value is -0.810. The number of alkyl carbamates (subject to hydrolysis) is 1. The Morgan fingerprint density at radius 1 is 1.28 bits per heavy atom. The van der Waals surface area contributed by atoms with E-state index in [1.807, 2.05) is 20.8 Å². The first kappa shape index (κ1) is 28.2. The normalized spacial score (nSPS) is 18.6. The number of carbonyl (C=O) groups is 1. The maximum atomic E-state index is 12.3. The van der Waals surface area contributed by atoms with Crippen LogP contribution in [0, 0.1) is 0 Å². The molecule has 0 radical (unpaired) electrons. The lowest BCUT2D eigenvalue weighted by Gasteiger charge is -2.34. The van der Waals surface area contributed by atoms with Crippen LogP contribution in [0.4, 0.5) is 4.79 Å². The Kier molecular flexibility index (Phi) is 13.1. The summed E-state index contributed by atoms with van der Waals surface area (Å²) in [5.41, 5.74) is -0.941. The molecule has 1 aliphatic heterocycles. The van der Waals surface area contributed by atoms with Gasteiger partial charge in [0.1, 0.15) is 5.60 Å². The summed E-state index contributed by atoms with van der Waals surface area (Å²) >= 11 is 0. The number of aliphatic imine (C=N–C) groups is 1. The van der Waals surface area contributed by atoms with Gasteiger partial charge in [0.05, 0.1) is 24.9 Å². The standard InChI is InChI=1S/C20H40N4O4.HI/c1-8-20(9-2,24-18(25)28-19(4,5)6)14-22-17(21-7)23-15(3)12-27-16-10-11-26-13-16;/h15-16H,8-14H2,1-7H3,(H,24,25)(H2,21,22,23);1H. The molecule has 0 aliphatic carbocycles. The van der Waals surface area contributed by atoms with Crippen molar-refractivity contribution in [3.05, 3.63) is 0 Å². The van der Waals surface area contributed by atoms with Crippen molar-refractivity contribution in [2.24, 2.45) is 4.99 Å². The molecular formula is C20H41IN4O4. The van der Waals surface area contributed by atoms with E-state index in [-0.39, 0.29) is 36.1 Å². The monoisotopic (exact) mass is 528 g/mol. The summed E-state index contributed by atoms with van der Waals surface area (Å²) in [4.78, 5) is 16.5. The zero-order valence-corrected chi connectivity index (χ0v) is 21.4. The number of guanidine groups is 1. The van der Waals surface area contributed by atoms with Crippen LogP contribution in [0.2, 0.25) is 0 Å². The number of nitrogens with one attached hydrogen (secondary N) is 3. The molecule has 1 aliphatic rings. The van der Waals surface area contributed by atoms with Gasteiger partial charge in [-0.25, -0.2) is 4.79 Å². The molecule has 0 spiro atoms. The largest absolute Gasteiger partial charge is 0.444 e. The second-order valence-electron chi connectivity index (χ2n) is 8.40. The van der Waals surface area contributed by atoms with Gasteiger partial charge < -0.3 is 30.2 Å². The lowest BCUT2D eigenvalue weighted by atomic mass is 9.93. The molecule has 1 amide bonds. The fraction of sp³-hybridized carbons (Fsp3) is 0.900. The molecule has 8 nitrogen and oxygen atoms in total. The van der Waals surface area contributed by atoms with E-state index in [9.17, 15) is 4.79 Å². The van der Waals surface area contributed by atoms with Crippen LogP contribution in [0.15, 0.2) is 4.99 Å². The van der Waals surface area contributed by atoms with Crippen LogP contribution >= 0.6 is 24.0 Å². The zero-order chi connectivity index (χ0) is 21.2. The fourth-order valence-electron chi connectivity index (χ4n) is 2.89. The average molecular weight is 528 g/mol. The second kappa shape index (κ2) is 13.5. The van der Waals surface area contributed by atoms with Crippen molar-refractivity contribution in [1.82, 2.24) is 16.0 Å². The molecule has 1 fully saturated rings. The predicted octanol–water partition coefficient (Wildman–Crippen LogP) is 3.05. The molecule has 0 aromatic heterocycles. The molecule has 2 atom stereocenters. The van der Waals surface area contributed by atoms with Crippen molar-refractivity contribution in [2.75, 3.05) is 33.4 Å². The molecule has 1 rings (SSSR count). The average Bonchev–Trinajstić information content (AvgIpc) is 3.14. The lowest BCUT2D eigenvalue weighted by molar-refractivity contribution is 0.0347. The van der Waals surface area contributed by atoms with Crippen LogP contribution in [0.25, 0.3) is 0 Å². The van der Waals surface area contributed by atoms with Gasteiger partial charge in [0.15, 0.2) is 5.96 Å². The van der Waals surface area contributed by atoms with Gasteiger partial charge in [0.2, 0.25) is 0 Å². The van der Waals surface area contributed by atoms with Gasteiger partial charge in [-0.15, -0.1) is 24.0 Å². The first-order chi connectivity index (χ1) is 13.1. The third-order valence-electron chi connectivity index (χ3n) is 4.79. The van der Waals surface area contributed by atoms with E-state index in [4.69, 9.17) is 14.2 Å². The third kappa shape index (κ3) is 11.2. The van der Waals surface area contributed by atoms with Crippen molar-refractivity contribution in [1.29, 1.82) is 0 Å². The molecule has 0 aromatic rings. The van der Waals surface area contributed by atoms with E-state index in [0.29, 0.717) is 25.7 Å². The molecule has 172 valence electrons. The van der Waals surface area contributed by atoms with Crippen molar-refractivity contribution >= 4 is 36.0 Å². The highest BCUT2D eigenvalue weighted by Gasteiger charge is 2.30. The van der Waals surface area contributed by atoms with E-state index in [1.54, 1.807) is 7.05 Å². The molecule has 1 heterocycles. The zero-order valence-electron chi connectivity index (χ0n) is 19.1. The molecule has 1 saturated heterocycles. The summed E-state index contributed by atoms with van der Waals surface area (Å²) in [5.74, 6) is 0.677. The van der Waals surface area contributed by atoms with E-state index in [2.05, 4.69) is 41.7 Å². The van der Waals surface area contributed by atoms with E-state index in [1.165, 1.54) is 0 Å². The molecule has 29 heavy (non-hydrogen) atoms. The van der Waals surface area contributed by atoms with Crippen molar-refractivity contribution in [3.8, 4) is 0 Å². The third-order valence-corrected chi connectivity index (χ3v) is 4.79. The first-order valence-electron chi connectivity index (χ1n) is 10.3. The highest BCUT2D eigenvalue weighted by molar-refractivity contribution is 14.0. The Bertz CT molecular complexity index is 501. The highest BCUT2D eigenvalue weighted by atomic mass is 127. The summed E-state index contributed by atoms with van der Waals surface area (Å²) < 4.78 is 16.6. The van der Waals surface area contributed by atoms with Crippen LogP contribution in [0.5, 0.6) is 0 Å². The number of ether oxygens (including phenoxy) is 3. The Morgan fingerprint density at radius 3 is 2.41 bits per heavy atom. The van der Waals surface area contributed by atoms with Crippen LogP contribution in [0.1, 0.15) is 60.8 Å². The van der Waals surface area contributed by atoms with Gasteiger partial charge in [0.25, 0.3) is 0 Å². The quantitative estimate of drug-likeness (QED) is 0.242. The second-order valence-corrected chi connectivity index (χ2v) is 8.40. The Labute approximate surface area is 193 Å². The number of halogens is 1. The van der Waals surface area contributed by atoms with E-state index >= 15 is 0 Å². The molecule has 0 bridgehead atoms. The van der Waals surface area contributed by atoms with Gasteiger partial charge in [-0.2, -0.15) is 0 Å². The SMILES string of the molecule is CCC(CC)(CNC(=NC)NC(C)COC1CCOC1)NC(=O)OC(C)(C)C.I. The summed E-state index contributed by atoms with van der Waals surface area (Å²) in [6.45, 7) is 14.3. The van der Waals surface area contributed by atoms with Crippen molar-refractivity contribution in [3.63, 3.8) is 0 Å². The minimum absolute atomic E-state index is 0. The van der Waals surface area contributed by atoms with E-state index in [0.717, 1.165) is 25.9 Å². The summed E-state index contributed by atoms with van der Waals surface area (Å²) in [6, 6.07) is 0.100. The number of hydrogen-bond acceptors (Lipinski definition) is 5. The van der Waals surface area contributed by atoms with Gasteiger partial charge >= 0.3 is 6.09 Å². The number of carbonyl (C=O) groups excluding carboxylic acids is 1. The summed E-state index contributed by atoms with van der Waals surface area (Å²) in [7, 11) is 1.73. The van der Waals surface area contributed by atoms with Gasteiger partial charge in [-0.05, 0) is 47.0 Å². The predicted molar refractivity (Wildman–Crippen MR) is 127 cm³/mol. The minimum atomic E-state index is -0.526. The lowest BCUT2D eigenvalue weighted by Crippen LogP contribution is -2.57. The molecule has 0 aromatic carbocycles. The number of hydrogen-bond donors (Lipinski definition) is 3. The Balaban J connectivity index is 0.00000784. The molecule has 2 unspecified atom stereocenters. The molecular weight excluding hydrogens is 487 g/mol. The maximum Gasteiger partial charge on any atom is 0.408 e. The molecule has 0 saturated carbocycles. The summed E-state index contributed by atoms with van der Waals surface area (Å²) in [5, 5.41) is 9.70.